The van der Waals surface area contributed by atoms with E-state index in [2.05, 4.69) is 5.10 Å². The molecular weight excluding hydrogens is 240 g/mol. The maximum atomic E-state index is 12.0. The van der Waals surface area contributed by atoms with Gasteiger partial charge in [-0.3, -0.25) is 19.6 Å². The molecule has 1 amide bonds. The molecule has 1 aromatic heterocycles. The summed E-state index contributed by atoms with van der Waals surface area (Å²) in [5, 5.41) is 14.3. The van der Waals surface area contributed by atoms with E-state index in [1.165, 1.54) is 10.9 Å². The lowest BCUT2D eigenvalue weighted by molar-refractivity contribution is -0.385. The molecule has 1 saturated heterocycles. The Morgan fingerprint density at radius 2 is 2.39 bits per heavy atom. The molecule has 0 unspecified atom stereocenters. The van der Waals surface area contributed by atoms with Crippen LogP contribution in [0.2, 0.25) is 0 Å². The van der Waals surface area contributed by atoms with Crippen molar-refractivity contribution in [3.8, 4) is 0 Å². The molecule has 18 heavy (non-hydrogen) atoms. The fourth-order valence-corrected chi connectivity index (χ4v) is 1.81. The minimum Gasteiger partial charge on any atom is -0.359 e. The monoisotopic (exact) mass is 254 g/mol. The van der Waals surface area contributed by atoms with Crippen LogP contribution in [0.25, 0.3) is 0 Å². The lowest BCUT2D eigenvalue weighted by atomic mass is 10.1. The van der Waals surface area contributed by atoms with Crippen molar-refractivity contribution in [2.75, 3.05) is 13.3 Å². The third-order valence-electron chi connectivity index (χ3n) is 2.84. The third-order valence-corrected chi connectivity index (χ3v) is 2.84. The van der Waals surface area contributed by atoms with Crippen molar-refractivity contribution in [2.45, 2.75) is 25.9 Å². The van der Waals surface area contributed by atoms with Crippen molar-refractivity contribution in [3.63, 3.8) is 0 Å². The van der Waals surface area contributed by atoms with E-state index in [0.29, 0.717) is 6.61 Å². The number of amides is 1. The predicted molar refractivity (Wildman–Crippen MR) is 60.6 cm³/mol. The molecular formula is C10H14N4O4. The van der Waals surface area contributed by atoms with E-state index >= 15 is 0 Å². The van der Waals surface area contributed by atoms with E-state index in [1.54, 1.807) is 4.90 Å². The first-order valence-electron chi connectivity index (χ1n) is 5.45. The first kappa shape index (κ1) is 12.5. The van der Waals surface area contributed by atoms with Gasteiger partial charge in [-0.25, -0.2) is 0 Å². The van der Waals surface area contributed by atoms with E-state index in [9.17, 15) is 14.9 Å². The number of ether oxygens (including phenoxy) is 1. The van der Waals surface area contributed by atoms with Gasteiger partial charge in [0.15, 0.2) is 0 Å². The molecule has 0 atom stereocenters. The van der Waals surface area contributed by atoms with Gasteiger partial charge in [-0.1, -0.05) is 0 Å². The summed E-state index contributed by atoms with van der Waals surface area (Å²) in [6.07, 6.45) is 2.36. The topological polar surface area (TPSA) is 90.5 Å². The summed E-state index contributed by atoms with van der Waals surface area (Å²) in [5.41, 5.74) is -0.476. The number of carbonyl (C=O) groups excluding carboxylic acids is 1. The molecule has 0 aliphatic carbocycles. The summed E-state index contributed by atoms with van der Waals surface area (Å²) in [6.45, 7) is 4.51. The molecule has 0 N–H and O–H groups in total. The fourth-order valence-electron chi connectivity index (χ4n) is 1.81. The largest absolute Gasteiger partial charge is 0.359 e. The van der Waals surface area contributed by atoms with Crippen LogP contribution in [0.1, 0.15) is 13.8 Å². The molecule has 1 aliphatic heterocycles. The van der Waals surface area contributed by atoms with Crippen molar-refractivity contribution in [1.82, 2.24) is 14.7 Å². The van der Waals surface area contributed by atoms with E-state index in [-0.39, 0.29) is 30.4 Å². The summed E-state index contributed by atoms with van der Waals surface area (Å²) >= 11 is 0. The van der Waals surface area contributed by atoms with Gasteiger partial charge in [0, 0.05) is 0 Å². The van der Waals surface area contributed by atoms with Crippen LogP contribution >= 0.6 is 0 Å². The van der Waals surface area contributed by atoms with Gasteiger partial charge in [0.05, 0.1) is 17.1 Å². The van der Waals surface area contributed by atoms with Gasteiger partial charge >= 0.3 is 5.69 Å². The molecule has 0 bridgehead atoms. The number of nitrogens with zero attached hydrogens (tertiary/aromatic N) is 4. The standard InChI is InChI=1S/C10H14N4O4/c1-10(2)6-18-7-13(10)9(15)5-12-4-8(3-11-12)14(16)17/h3-4H,5-7H2,1-2H3. The SMILES string of the molecule is CC1(C)COCN1C(=O)Cn1cc([N+](=O)[O-])cn1. The number of aromatic nitrogens is 2. The summed E-state index contributed by atoms with van der Waals surface area (Å²) in [5.74, 6) is -0.171. The van der Waals surface area contributed by atoms with Crippen molar-refractivity contribution in [2.24, 2.45) is 0 Å². The average Bonchev–Trinajstić information content (AvgIpc) is 2.84. The maximum absolute atomic E-state index is 12.0. The number of hydrogen-bond acceptors (Lipinski definition) is 5. The summed E-state index contributed by atoms with van der Waals surface area (Å²) in [7, 11) is 0. The summed E-state index contributed by atoms with van der Waals surface area (Å²) in [6, 6.07) is 0. The molecule has 0 aromatic carbocycles. The summed E-state index contributed by atoms with van der Waals surface area (Å²) < 4.78 is 6.50. The summed E-state index contributed by atoms with van der Waals surface area (Å²) in [4.78, 5) is 23.6. The minimum absolute atomic E-state index is 0.0272. The van der Waals surface area contributed by atoms with Crippen LogP contribution < -0.4 is 0 Å². The Labute approximate surface area is 103 Å². The lowest BCUT2D eigenvalue weighted by Gasteiger charge is -2.28. The molecule has 0 radical (unpaired) electrons. The van der Waals surface area contributed by atoms with Crippen LogP contribution in [0.3, 0.4) is 0 Å². The molecule has 2 heterocycles. The Balaban J connectivity index is 2.05. The highest BCUT2D eigenvalue weighted by Gasteiger charge is 2.36. The third kappa shape index (κ3) is 2.33. The number of rotatable bonds is 3. The van der Waals surface area contributed by atoms with E-state index < -0.39 is 4.92 Å². The second kappa shape index (κ2) is 4.37. The van der Waals surface area contributed by atoms with Crippen molar-refractivity contribution in [3.05, 3.63) is 22.5 Å². The van der Waals surface area contributed by atoms with Crippen LogP contribution in [0.5, 0.6) is 0 Å². The van der Waals surface area contributed by atoms with Gasteiger partial charge in [0.2, 0.25) is 5.91 Å². The van der Waals surface area contributed by atoms with Crippen LogP contribution in [0, 0.1) is 10.1 Å². The second-order valence-corrected chi connectivity index (χ2v) is 4.76. The number of carbonyl (C=O) groups is 1. The van der Waals surface area contributed by atoms with Crippen LogP contribution in [0.4, 0.5) is 5.69 Å². The van der Waals surface area contributed by atoms with Crippen molar-refractivity contribution < 1.29 is 14.5 Å². The van der Waals surface area contributed by atoms with Crippen LogP contribution in [-0.2, 0) is 16.1 Å². The Hall–Kier alpha value is -1.96. The Morgan fingerprint density at radius 3 is 2.89 bits per heavy atom. The number of hydrogen-bond donors (Lipinski definition) is 0. The zero-order chi connectivity index (χ0) is 13.3. The minimum atomic E-state index is -0.545. The molecule has 0 spiro atoms. The van der Waals surface area contributed by atoms with Gasteiger partial charge in [0.1, 0.15) is 25.7 Å². The molecule has 8 nitrogen and oxygen atoms in total. The Bertz CT molecular complexity index is 482. The first-order chi connectivity index (χ1) is 8.40. The van der Waals surface area contributed by atoms with Crippen LogP contribution in [-0.4, -0.2) is 44.4 Å². The smallest absolute Gasteiger partial charge is 0.307 e. The van der Waals surface area contributed by atoms with E-state index in [1.807, 2.05) is 13.8 Å². The van der Waals surface area contributed by atoms with E-state index in [4.69, 9.17) is 4.74 Å². The lowest BCUT2D eigenvalue weighted by Crippen LogP contribution is -2.45. The highest BCUT2D eigenvalue weighted by Crippen LogP contribution is 2.21. The molecule has 1 aromatic rings. The van der Waals surface area contributed by atoms with Crippen LogP contribution in [0.15, 0.2) is 12.4 Å². The van der Waals surface area contributed by atoms with Gasteiger partial charge in [-0.15, -0.1) is 0 Å². The Kier molecular flexibility index (Phi) is 3.04. The zero-order valence-corrected chi connectivity index (χ0v) is 10.2. The fraction of sp³-hybridized carbons (Fsp3) is 0.600. The van der Waals surface area contributed by atoms with Gasteiger partial charge in [-0.05, 0) is 13.8 Å². The van der Waals surface area contributed by atoms with Gasteiger partial charge in [0.25, 0.3) is 0 Å². The molecule has 1 fully saturated rings. The molecule has 1 aliphatic rings. The highest BCUT2D eigenvalue weighted by atomic mass is 16.6. The normalized spacial score (nSPS) is 18.0. The van der Waals surface area contributed by atoms with Gasteiger partial charge < -0.3 is 9.64 Å². The highest BCUT2D eigenvalue weighted by molar-refractivity contribution is 5.76. The molecule has 0 saturated carbocycles. The Morgan fingerprint density at radius 1 is 1.67 bits per heavy atom. The molecule has 8 heteroatoms. The van der Waals surface area contributed by atoms with Gasteiger partial charge in [-0.2, -0.15) is 5.10 Å². The molecule has 2 rings (SSSR count). The molecule has 98 valence electrons. The predicted octanol–water partition coefficient (Wildman–Crippen LogP) is 0.386. The zero-order valence-electron chi connectivity index (χ0n) is 10.2. The quantitative estimate of drug-likeness (QED) is 0.574. The van der Waals surface area contributed by atoms with E-state index in [0.717, 1.165) is 6.20 Å². The first-order valence-corrected chi connectivity index (χ1v) is 5.45. The van der Waals surface area contributed by atoms with Crippen molar-refractivity contribution >= 4 is 11.6 Å². The average molecular weight is 254 g/mol. The number of nitro groups is 1. The second-order valence-electron chi connectivity index (χ2n) is 4.76. The van der Waals surface area contributed by atoms with Crippen molar-refractivity contribution in [1.29, 1.82) is 0 Å². The maximum Gasteiger partial charge on any atom is 0.307 e.